The van der Waals surface area contributed by atoms with E-state index in [-0.39, 0.29) is 5.91 Å². The first-order valence-corrected chi connectivity index (χ1v) is 5.51. The minimum Gasteiger partial charge on any atom is -0.441 e. The normalized spacial score (nSPS) is 10.2. The molecule has 0 aliphatic rings. The number of benzene rings is 1. The van der Waals surface area contributed by atoms with E-state index in [1.54, 1.807) is 13.1 Å². The van der Waals surface area contributed by atoms with Crippen molar-refractivity contribution in [1.82, 2.24) is 4.98 Å². The van der Waals surface area contributed by atoms with Crippen LogP contribution in [0.15, 0.2) is 34.9 Å². The second-order valence-corrected chi connectivity index (χ2v) is 3.72. The maximum atomic E-state index is 11.2. The Labute approximate surface area is 99.7 Å². The highest BCUT2D eigenvalue weighted by Crippen LogP contribution is 2.22. The van der Waals surface area contributed by atoms with E-state index < -0.39 is 0 Å². The summed E-state index contributed by atoms with van der Waals surface area (Å²) in [5, 5.41) is 2.79. The highest BCUT2D eigenvalue weighted by molar-refractivity contribution is 5.90. The number of rotatable bonds is 3. The van der Waals surface area contributed by atoms with Crippen molar-refractivity contribution in [2.75, 3.05) is 5.32 Å². The van der Waals surface area contributed by atoms with Gasteiger partial charge in [0, 0.05) is 24.6 Å². The number of anilines is 1. The lowest BCUT2D eigenvalue weighted by Gasteiger charge is -2.03. The number of aromatic nitrogens is 1. The number of nitrogens with zero attached hydrogens (tertiary/aromatic N) is 1. The van der Waals surface area contributed by atoms with Gasteiger partial charge < -0.3 is 9.73 Å². The van der Waals surface area contributed by atoms with E-state index in [0.29, 0.717) is 12.3 Å². The van der Waals surface area contributed by atoms with Gasteiger partial charge in [0.1, 0.15) is 0 Å². The number of carbonyl (C=O) groups excluding carboxylic acids is 1. The second-order valence-electron chi connectivity index (χ2n) is 3.72. The molecule has 0 saturated carbocycles. The van der Waals surface area contributed by atoms with Gasteiger partial charge in [-0.25, -0.2) is 4.98 Å². The van der Waals surface area contributed by atoms with E-state index in [0.717, 1.165) is 17.0 Å². The van der Waals surface area contributed by atoms with Gasteiger partial charge in [-0.1, -0.05) is 6.92 Å². The van der Waals surface area contributed by atoms with Crippen LogP contribution >= 0.6 is 0 Å². The van der Waals surface area contributed by atoms with Crippen molar-refractivity contribution in [2.45, 2.75) is 20.3 Å². The van der Waals surface area contributed by atoms with Crippen molar-refractivity contribution in [3.63, 3.8) is 0 Å². The molecule has 1 heterocycles. The van der Waals surface area contributed by atoms with Gasteiger partial charge in [-0.2, -0.15) is 0 Å². The van der Waals surface area contributed by atoms with Crippen molar-refractivity contribution in [2.24, 2.45) is 0 Å². The van der Waals surface area contributed by atoms with Crippen LogP contribution in [0, 0.1) is 6.92 Å². The molecule has 1 aromatic heterocycles. The van der Waals surface area contributed by atoms with E-state index in [2.05, 4.69) is 10.3 Å². The average molecular weight is 230 g/mol. The van der Waals surface area contributed by atoms with Gasteiger partial charge in [0.05, 0.1) is 6.20 Å². The van der Waals surface area contributed by atoms with Gasteiger partial charge >= 0.3 is 0 Å². The van der Waals surface area contributed by atoms with Crippen LogP contribution in [0.2, 0.25) is 0 Å². The summed E-state index contributed by atoms with van der Waals surface area (Å²) in [7, 11) is 0. The quantitative estimate of drug-likeness (QED) is 0.881. The number of carbonyl (C=O) groups is 1. The fourth-order valence-corrected chi connectivity index (χ4v) is 1.46. The SMILES string of the molecule is CCC(=O)Nc1ccc(-c2cnc(C)o2)cc1. The van der Waals surface area contributed by atoms with E-state index in [1.165, 1.54) is 0 Å². The largest absolute Gasteiger partial charge is 0.441 e. The molecule has 0 saturated heterocycles. The summed E-state index contributed by atoms with van der Waals surface area (Å²) in [5.41, 5.74) is 1.73. The highest BCUT2D eigenvalue weighted by Gasteiger charge is 2.04. The van der Waals surface area contributed by atoms with Gasteiger partial charge in [-0.3, -0.25) is 4.79 Å². The number of hydrogen-bond acceptors (Lipinski definition) is 3. The summed E-state index contributed by atoms with van der Waals surface area (Å²) in [5.74, 6) is 1.38. The summed E-state index contributed by atoms with van der Waals surface area (Å²) < 4.78 is 5.41. The van der Waals surface area contributed by atoms with E-state index in [1.807, 2.05) is 31.2 Å². The van der Waals surface area contributed by atoms with E-state index in [4.69, 9.17) is 4.42 Å². The summed E-state index contributed by atoms with van der Waals surface area (Å²) in [6.07, 6.45) is 2.16. The molecule has 0 spiro atoms. The van der Waals surface area contributed by atoms with E-state index in [9.17, 15) is 4.79 Å². The molecule has 0 bridgehead atoms. The molecule has 2 aromatic rings. The molecule has 0 unspecified atom stereocenters. The van der Waals surface area contributed by atoms with Gasteiger partial charge in [0.25, 0.3) is 0 Å². The van der Waals surface area contributed by atoms with Crippen LogP contribution in [-0.4, -0.2) is 10.9 Å². The third-order valence-corrected chi connectivity index (χ3v) is 2.40. The Morgan fingerprint density at radius 3 is 2.59 bits per heavy atom. The molecule has 0 radical (unpaired) electrons. The summed E-state index contributed by atoms with van der Waals surface area (Å²) in [4.78, 5) is 15.2. The van der Waals surface area contributed by atoms with Crippen LogP contribution in [0.5, 0.6) is 0 Å². The molecule has 0 atom stereocenters. The first kappa shape index (κ1) is 11.4. The third-order valence-electron chi connectivity index (χ3n) is 2.40. The molecule has 1 aromatic carbocycles. The van der Waals surface area contributed by atoms with Crippen LogP contribution in [0.3, 0.4) is 0 Å². The molecule has 1 N–H and O–H groups in total. The first-order valence-electron chi connectivity index (χ1n) is 5.51. The molecule has 88 valence electrons. The molecule has 0 fully saturated rings. The van der Waals surface area contributed by atoms with Crippen LogP contribution in [-0.2, 0) is 4.79 Å². The Balaban J connectivity index is 2.15. The van der Waals surface area contributed by atoms with Gasteiger partial charge in [0.15, 0.2) is 11.7 Å². The summed E-state index contributed by atoms with van der Waals surface area (Å²) in [6, 6.07) is 7.48. The van der Waals surface area contributed by atoms with Crippen molar-refractivity contribution >= 4 is 11.6 Å². The average Bonchev–Trinajstić information content (AvgIpc) is 2.77. The number of amides is 1. The van der Waals surface area contributed by atoms with Crippen LogP contribution in [0.25, 0.3) is 11.3 Å². The predicted octanol–water partition coefficient (Wildman–Crippen LogP) is 3.00. The Hall–Kier alpha value is -2.10. The second kappa shape index (κ2) is 4.82. The molecule has 4 nitrogen and oxygen atoms in total. The molecule has 17 heavy (non-hydrogen) atoms. The Kier molecular flexibility index (Phi) is 3.23. The van der Waals surface area contributed by atoms with Crippen LogP contribution in [0.1, 0.15) is 19.2 Å². The summed E-state index contributed by atoms with van der Waals surface area (Å²) in [6.45, 7) is 3.63. The molecular weight excluding hydrogens is 216 g/mol. The van der Waals surface area contributed by atoms with Crippen molar-refractivity contribution < 1.29 is 9.21 Å². The minimum atomic E-state index is 0.00765. The number of nitrogens with one attached hydrogen (secondary N) is 1. The minimum absolute atomic E-state index is 0.00765. The van der Waals surface area contributed by atoms with E-state index >= 15 is 0 Å². The van der Waals surface area contributed by atoms with Crippen LogP contribution < -0.4 is 5.32 Å². The van der Waals surface area contributed by atoms with Gasteiger partial charge in [0.2, 0.25) is 5.91 Å². The monoisotopic (exact) mass is 230 g/mol. The van der Waals surface area contributed by atoms with Gasteiger partial charge in [-0.15, -0.1) is 0 Å². The topological polar surface area (TPSA) is 55.1 Å². The van der Waals surface area contributed by atoms with Crippen molar-refractivity contribution in [3.8, 4) is 11.3 Å². The fourth-order valence-electron chi connectivity index (χ4n) is 1.46. The smallest absolute Gasteiger partial charge is 0.224 e. The molecule has 2 rings (SSSR count). The molecule has 1 amide bonds. The Morgan fingerprint density at radius 2 is 2.06 bits per heavy atom. The van der Waals surface area contributed by atoms with Gasteiger partial charge in [-0.05, 0) is 24.3 Å². The lowest BCUT2D eigenvalue weighted by molar-refractivity contribution is -0.115. The molecule has 0 aliphatic carbocycles. The maximum absolute atomic E-state index is 11.2. The Morgan fingerprint density at radius 1 is 1.35 bits per heavy atom. The molecule has 4 heteroatoms. The maximum Gasteiger partial charge on any atom is 0.224 e. The van der Waals surface area contributed by atoms with Crippen molar-refractivity contribution in [1.29, 1.82) is 0 Å². The standard InChI is InChI=1S/C13H14N2O2/c1-3-13(16)15-11-6-4-10(5-7-11)12-8-14-9(2)17-12/h4-8H,3H2,1-2H3,(H,15,16). The predicted molar refractivity (Wildman–Crippen MR) is 65.6 cm³/mol. The highest BCUT2D eigenvalue weighted by atomic mass is 16.4. The zero-order valence-corrected chi connectivity index (χ0v) is 9.86. The zero-order valence-electron chi connectivity index (χ0n) is 9.86. The molecule has 0 aliphatic heterocycles. The molecular formula is C13H14N2O2. The number of aryl methyl sites for hydroxylation is 1. The van der Waals surface area contributed by atoms with Crippen LogP contribution in [0.4, 0.5) is 5.69 Å². The third kappa shape index (κ3) is 2.72. The first-order chi connectivity index (χ1) is 8.19. The summed E-state index contributed by atoms with van der Waals surface area (Å²) >= 11 is 0. The Bertz CT molecular complexity index is 514. The lowest BCUT2D eigenvalue weighted by atomic mass is 10.1. The van der Waals surface area contributed by atoms with Crippen molar-refractivity contribution in [3.05, 3.63) is 36.4 Å². The lowest BCUT2D eigenvalue weighted by Crippen LogP contribution is -2.08. The fraction of sp³-hybridized carbons (Fsp3) is 0.231. The number of hydrogen-bond donors (Lipinski definition) is 1. The number of oxazole rings is 1. The zero-order chi connectivity index (χ0) is 12.3.